The van der Waals surface area contributed by atoms with Crippen molar-refractivity contribution < 1.29 is 14.3 Å². The van der Waals surface area contributed by atoms with E-state index >= 15 is 0 Å². The van der Waals surface area contributed by atoms with Crippen LogP contribution in [0.15, 0.2) is 21.1 Å². The van der Waals surface area contributed by atoms with Gasteiger partial charge in [-0.05, 0) is 62.5 Å². The molecule has 0 N–H and O–H groups in total. The zero-order valence-corrected chi connectivity index (χ0v) is 13.3. The average molecular weight is 396 g/mol. The SMILES string of the molecule is C#CCOC(C)Oc1c(Br)ccc(C(=O)Cl)c1Br. The van der Waals surface area contributed by atoms with Crippen LogP contribution in [0, 0.1) is 12.3 Å². The largest absolute Gasteiger partial charge is 0.463 e. The number of carbonyl (C=O) groups is 1. The van der Waals surface area contributed by atoms with Gasteiger partial charge in [0.25, 0.3) is 5.24 Å². The first-order valence-corrected chi connectivity index (χ1v) is 6.83. The summed E-state index contributed by atoms with van der Waals surface area (Å²) < 4.78 is 11.9. The van der Waals surface area contributed by atoms with Gasteiger partial charge in [-0.25, -0.2) is 0 Å². The van der Waals surface area contributed by atoms with Gasteiger partial charge in [-0.1, -0.05) is 5.92 Å². The van der Waals surface area contributed by atoms with Crippen molar-refractivity contribution in [3.05, 3.63) is 26.6 Å². The highest BCUT2D eigenvalue weighted by Crippen LogP contribution is 2.37. The Kier molecular flexibility index (Phi) is 6.16. The molecule has 0 bridgehead atoms. The highest BCUT2D eigenvalue weighted by Gasteiger charge is 2.17. The van der Waals surface area contributed by atoms with Crippen LogP contribution in [-0.4, -0.2) is 18.1 Å². The Labute approximate surface area is 127 Å². The van der Waals surface area contributed by atoms with Crippen LogP contribution in [-0.2, 0) is 4.74 Å². The fourth-order valence-electron chi connectivity index (χ4n) is 1.16. The Bertz CT molecular complexity index is 497. The molecule has 0 radical (unpaired) electrons. The minimum Gasteiger partial charge on any atom is -0.463 e. The molecular formula is C12H9Br2ClO3. The minimum absolute atomic E-state index is 0.143. The maximum absolute atomic E-state index is 11.2. The number of halogens is 3. The van der Waals surface area contributed by atoms with E-state index in [-0.39, 0.29) is 6.61 Å². The van der Waals surface area contributed by atoms with Gasteiger partial charge in [0.15, 0.2) is 12.0 Å². The third-order valence-corrected chi connectivity index (χ3v) is 3.56. The van der Waals surface area contributed by atoms with Crippen LogP contribution in [0.2, 0.25) is 0 Å². The molecule has 6 heteroatoms. The lowest BCUT2D eigenvalue weighted by Gasteiger charge is -2.17. The molecule has 3 nitrogen and oxygen atoms in total. The molecule has 0 fully saturated rings. The highest BCUT2D eigenvalue weighted by atomic mass is 79.9. The first kappa shape index (κ1) is 15.5. The molecule has 0 heterocycles. The lowest BCUT2D eigenvalue weighted by molar-refractivity contribution is -0.0536. The van der Waals surface area contributed by atoms with E-state index in [1.165, 1.54) is 0 Å². The van der Waals surface area contributed by atoms with Crippen LogP contribution >= 0.6 is 43.5 Å². The number of ether oxygens (including phenoxy) is 2. The van der Waals surface area contributed by atoms with Crippen molar-refractivity contribution in [3.63, 3.8) is 0 Å². The monoisotopic (exact) mass is 394 g/mol. The van der Waals surface area contributed by atoms with E-state index in [1.54, 1.807) is 19.1 Å². The van der Waals surface area contributed by atoms with Crippen molar-refractivity contribution >= 4 is 48.7 Å². The van der Waals surface area contributed by atoms with Crippen molar-refractivity contribution in [1.29, 1.82) is 0 Å². The van der Waals surface area contributed by atoms with E-state index < -0.39 is 11.5 Å². The topological polar surface area (TPSA) is 35.5 Å². The summed E-state index contributed by atoms with van der Waals surface area (Å²) in [5, 5.41) is -0.573. The molecular weight excluding hydrogens is 387 g/mol. The van der Waals surface area contributed by atoms with Crippen molar-refractivity contribution in [3.8, 4) is 18.1 Å². The van der Waals surface area contributed by atoms with Gasteiger partial charge in [0.2, 0.25) is 0 Å². The van der Waals surface area contributed by atoms with Crippen molar-refractivity contribution in [1.82, 2.24) is 0 Å². The number of carbonyl (C=O) groups excluding carboxylic acids is 1. The summed E-state index contributed by atoms with van der Waals surface area (Å²) in [4.78, 5) is 11.2. The lowest BCUT2D eigenvalue weighted by Crippen LogP contribution is -2.17. The molecule has 0 amide bonds. The predicted octanol–water partition coefficient (Wildman–Crippen LogP) is 3.97. The summed E-state index contributed by atoms with van der Waals surface area (Å²) in [5.74, 6) is 2.78. The number of hydrogen-bond donors (Lipinski definition) is 0. The Hall–Kier alpha value is -0.540. The molecule has 96 valence electrons. The number of benzene rings is 1. The first-order valence-electron chi connectivity index (χ1n) is 4.87. The number of rotatable bonds is 5. The van der Waals surface area contributed by atoms with Crippen molar-refractivity contribution in [2.75, 3.05) is 6.61 Å². The second-order valence-corrected chi connectivity index (χ2v) is 5.20. The standard InChI is InChI=1S/C12H9Br2ClO3/c1-3-6-17-7(2)18-11-9(13)5-4-8(10(11)14)12(15)16/h1,4-5,7H,6H2,2H3. The van der Waals surface area contributed by atoms with Gasteiger partial charge in [-0.2, -0.15) is 0 Å². The quantitative estimate of drug-likeness (QED) is 0.429. The Balaban J connectivity index is 2.98. The molecule has 1 rings (SSSR count). The summed E-state index contributed by atoms with van der Waals surface area (Å²) in [6.45, 7) is 1.84. The Morgan fingerprint density at radius 2 is 2.22 bits per heavy atom. The van der Waals surface area contributed by atoms with Crippen LogP contribution in [0.25, 0.3) is 0 Å². The van der Waals surface area contributed by atoms with E-state index in [9.17, 15) is 4.79 Å². The molecule has 1 aromatic rings. The van der Waals surface area contributed by atoms with E-state index in [2.05, 4.69) is 37.8 Å². The zero-order chi connectivity index (χ0) is 13.7. The second-order valence-electron chi connectivity index (χ2n) is 3.21. The fraction of sp³-hybridized carbons (Fsp3) is 0.250. The summed E-state index contributed by atoms with van der Waals surface area (Å²) in [6, 6.07) is 3.26. The van der Waals surface area contributed by atoms with Gasteiger partial charge in [-0.15, -0.1) is 6.42 Å². The summed E-state index contributed by atoms with van der Waals surface area (Å²) in [6.07, 6.45) is 4.54. The molecule has 1 aromatic carbocycles. The van der Waals surface area contributed by atoms with Crippen LogP contribution in [0.1, 0.15) is 17.3 Å². The van der Waals surface area contributed by atoms with E-state index in [0.717, 1.165) is 0 Å². The highest BCUT2D eigenvalue weighted by molar-refractivity contribution is 9.11. The van der Waals surface area contributed by atoms with E-state index in [4.69, 9.17) is 27.5 Å². The predicted molar refractivity (Wildman–Crippen MR) is 76.9 cm³/mol. The van der Waals surface area contributed by atoms with E-state index in [1.807, 2.05) is 0 Å². The molecule has 0 aliphatic carbocycles. The van der Waals surface area contributed by atoms with Crippen LogP contribution in [0.4, 0.5) is 0 Å². The minimum atomic E-state index is -0.573. The molecule has 0 aliphatic heterocycles. The summed E-state index contributed by atoms with van der Waals surface area (Å²) in [5.41, 5.74) is 0.319. The molecule has 1 unspecified atom stereocenters. The van der Waals surface area contributed by atoms with Gasteiger partial charge in [0.05, 0.1) is 14.5 Å². The first-order chi connectivity index (χ1) is 8.47. The zero-order valence-electron chi connectivity index (χ0n) is 9.38. The third kappa shape index (κ3) is 3.99. The molecule has 0 saturated carbocycles. The van der Waals surface area contributed by atoms with Crippen molar-refractivity contribution in [2.45, 2.75) is 13.2 Å². The van der Waals surface area contributed by atoms with Crippen LogP contribution < -0.4 is 4.74 Å². The number of terminal acetylenes is 1. The second kappa shape index (κ2) is 7.15. The van der Waals surface area contributed by atoms with Gasteiger partial charge in [0, 0.05) is 0 Å². The van der Waals surface area contributed by atoms with Gasteiger partial charge in [-0.3, -0.25) is 4.79 Å². The maximum atomic E-state index is 11.2. The fourth-order valence-corrected chi connectivity index (χ4v) is 2.74. The smallest absolute Gasteiger partial charge is 0.253 e. The van der Waals surface area contributed by atoms with Crippen LogP contribution in [0.5, 0.6) is 5.75 Å². The normalized spacial score (nSPS) is 11.7. The van der Waals surface area contributed by atoms with E-state index in [0.29, 0.717) is 20.3 Å². The van der Waals surface area contributed by atoms with Gasteiger partial charge in [0.1, 0.15) is 6.61 Å². The van der Waals surface area contributed by atoms with Gasteiger partial charge < -0.3 is 9.47 Å². The Morgan fingerprint density at radius 1 is 1.56 bits per heavy atom. The lowest BCUT2D eigenvalue weighted by atomic mass is 10.2. The molecule has 18 heavy (non-hydrogen) atoms. The Morgan fingerprint density at radius 3 is 2.78 bits per heavy atom. The third-order valence-electron chi connectivity index (χ3n) is 1.95. The maximum Gasteiger partial charge on any atom is 0.253 e. The average Bonchev–Trinajstić information content (AvgIpc) is 2.31. The molecule has 0 spiro atoms. The molecule has 0 aliphatic rings. The van der Waals surface area contributed by atoms with Crippen LogP contribution in [0.3, 0.4) is 0 Å². The van der Waals surface area contributed by atoms with Crippen molar-refractivity contribution in [2.24, 2.45) is 0 Å². The van der Waals surface area contributed by atoms with Gasteiger partial charge >= 0.3 is 0 Å². The summed E-state index contributed by atoms with van der Waals surface area (Å²) >= 11 is 12.1. The molecule has 1 atom stereocenters. The number of hydrogen-bond acceptors (Lipinski definition) is 3. The molecule has 0 saturated heterocycles. The molecule has 0 aromatic heterocycles. The summed E-state index contributed by atoms with van der Waals surface area (Å²) in [7, 11) is 0.